The molecule has 0 atom stereocenters. The minimum atomic E-state index is -4.75. The van der Waals surface area contributed by atoms with Gasteiger partial charge >= 0.3 is 6.36 Å². The van der Waals surface area contributed by atoms with E-state index in [4.69, 9.17) is 0 Å². The predicted molar refractivity (Wildman–Crippen MR) is 95.3 cm³/mol. The van der Waals surface area contributed by atoms with Crippen molar-refractivity contribution in [3.8, 4) is 17.0 Å². The van der Waals surface area contributed by atoms with Crippen LogP contribution in [-0.4, -0.2) is 28.4 Å². The first-order valence-corrected chi connectivity index (χ1v) is 8.00. The molecule has 0 fully saturated rings. The normalized spacial score (nSPS) is 11.1. The van der Waals surface area contributed by atoms with Crippen molar-refractivity contribution in [3.63, 3.8) is 0 Å². The minimum Gasteiger partial charge on any atom is -0.406 e. The van der Waals surface area contributed by atoms with Crippen LogP contribution in [0.2, 0.25) is 0 Å². The maximum Gasteiger partial charge on any atom is 0.573 e. The summed E-state index contributed by atoms with van der Waals surface area (Å²) in [6, 6.07) is 12.8. The first-order chi connectivity index (χ1) is 12.9. The lowest BCUT2D eigenvalue weighted by molar-refractivity contribution is -0.274. The standard InChI is InChI=1S/C18H16F3N5O/c1-22-17-25-15(12-5-4-7-14(9-12)27-18(19,20)21)10-16(26-17)24-11-13-6-2-3-8-23-13/h2-10H,11H2,1H3,(H2,22,24,25,26). The van der Waals surface area contributed by atoms with Gasteiger partial charge in [-0.15, -0.1) is 13.2 Å². The van der Waals surface area contributed by atoms with Gasteiger partial charge in [0.2, 0.25) is 5.95 Å². The molecule has 27 heavy (non-hydrogen) atoms. The van der Waals surface area contributed by atoms with Gasteiger partial charge in [0.15, 0.2) is 0 Å². The van der Waals surface area contributed by atoms with E-state index in [1.165, 1.54) is 18.2 Å². The van der Waals surface area contributed by atoms with E-state index >= 15 is 0 Å². The fourth-order valence-electron chi connectivity index (χ4n) is 2.33. The molecule has 0 radical (unpaired) electrons. The van der Waals surface area contributed by atoms with Crippen LogP contribution in [0.25, 0.3) is 11.3 Å². The highest BCUT2D eigenvalue weighted by molar-refractivity contribution is 5.65. The van der Waals surface area contributed by atoms with Gasteiger partial charge in [0, 0.05) is 24.9 Å². The molecule has 1 aromatic carbocycles. The van der Waals surface area contributed by atoms with Crippen LogP contribution in [0.5, 0.6) is 5.75 Å². The summed E-state index contributed by atoms with van der Waals surface area (Å²) >= 11 is 0. The first kappa shape index (κ1) is 18.4. The molecule has 0 spiro atoms. The lowest BCUT2D eigenvalue weighted by atomic mass is 10.1. The Morgan fingerprint density at radius 3 is 2.59 bits per heavy atom. The maximum absolute atomic E-state index is 12.4. The van der Waals surface area contributed by atoms with Gasteiger partial charge in [-0.3, -0.25) is 4.98 Å². The van der Waals surface area contributed by atoms with Gasteiger partial charge in [-0.25, -0.2) is 4.98 Å². The van der Waals surface area contributed by atoms with E-state index in [1.54, 1.807) is 25.4 Å². The zero-order valence-electron chi connectivity index (χ0n) is 14.3. The van der Waals surface area contributed by atoms with E-state index in [9.17, 15) is 13.2 Å². The third-order valence-corrected chi connectivity index (χ3v) is 3.49. The molecule has 3 aromatic rings. The van der Waals surface area contributed by atoms with Crippen molar-refractivity contribution in [2.45, 2.75) is 12.9 Å². The molecule has 2 heterocycles. The van der Waals surface area contributed by atoms with Gasteiger partial charge in [0.25, 0.3) is 0 Å². The first-order valence-electron chi connectivity index (χ1n) is 8.00. The second kappa shape index (κ2) is 7.90. The van der Waals surface area contributed by atoms with Crippen molar-refractivity contribution in [2.75, 3.05) is 17.7 Å². The van der Waals surface area contributed by atoms with Gasteiger partial charge < -0.3 is 15.4 Å². The molecule has 2 N–H and O–H groups in total. The van der Waals surface area contributed by atoms with Crippen LogP contribution < -0.4 is 15.4 Å². The van der Waals surface area contributed by atoms with Crippen LogP contribution in [0.15, 0.2) is 54.7 Å². The van der Waals surface area contributed by atoms with Gasteiger partial charge in [-0.05, 0) is 24.3 Å². The highest BCUT2D eigenvalue weighted by atomic mass is 19.4. The number of hydrogen-bond acceptors (Lipinski definition) is 6. The molecule has 0 unspecified atom stereocenters. The monoisotopic (exact) mass is 375 g/mol. The number of ether oxygens (including phenoxy) is 1. The Kier molecular flexibility index (Phi) is 5.39. The van der Waals surface area contributed by atoms with Crippen LogP contribution in [0.1, 0.15) is 5.69 Å². The average molecular weight is 375 g/mol. The van der Waals surface area contributed by atoms with Crippen molar-refractivity contribution in [1.82, 2.24) is 15.0 Å². The minimum absolute atomic E-state index is 0.312. The number of halogens is 3. The summed E-state index contributed by atoms with van der Waals surface area (Å²) in [5.74, 6) is 0.530. The molecular weight excluding hydrogens is 359 g/mol. The molecule has 0 aliphatic rings. The Bertz CT molecular complexity index is 903. The predicted octanol–water partition coefficient (Wildman–Crippen LogP) is 4.09. The number of alkyl halides is 3. The third kappa shape index (κ3) is 5.30. The summed E-state index contributed by atoms with van der Waals surface area (Å²) in [6.45, 7) is 0.442. The van der Waals surface area contributed by atoms with Crippen molar-refractivity contribution in [2.24, 2.45) is 0 Å². The third-order valence-electron chi connectivity index (χ3n) is 3.49. The lowest BCUT2D eigenvalue weighted by Crippen LogP contribution is -2.17. The van der Waals surface area contributed by atoms with Gasteiger partial charge in [0.1, 0.15) is 11.6 Å². The lowest BCUT2D eigenvalue weighted by Gasteiger charge is -2.12. The summed E-state index contributed by atoms with van der Waals surface area (Å²) in [5, 5.41) is 5.97. The molecule has 6 nitrogen and oxygen atoms in total. The van der Waals surface area contributed by atoms with Crippen molar-refractivity contribution >= 4 is 11.8 Å². The van der Waals surface area contributed by atoms with Crippen LogP contribution >= 0.6 is 0 Å². The summed E-state index contributed by atoms with van der Waals surface area (Å²) in [7, 11) is 1.66. The quantitative estimate of drug-likeness (QED) is 0.676. The molecule has 3 rings (SSSR count). The van der Waals surface area contributed by atoms with Crippen molar-refractivity contribution in [3.05, 3.63) is 60.4 Å². The highest BCUT2D eigenvalue weighted by Gasteiger charge is 2.31. The van der Waals surface area contributed by atoms with Crippen LogP contribution in [-0.2, 0) is 6.54 Å². The molecule has 0 saturated heterocycles. The number of hydrogen-bond donors (Lipinski definition) is 2. The number of nitrogens with zero attached hydrogens (tertiary/aromatic N) is 3. The molecule has 0 bridgehead atoms. The second-order valence-electron chi connectivity index (χ2n) is 5.46. The second-order valence-corrected chi connectivity index (χ2v) is 5.46. The molecule has 0 aliphatic heterocycles. The maximum atomic E-state index is 12.4. The Labute approximate surface area is 153 Å². The molecule has 140 valence electrons. The van der Waals surface area contributed by atoms with E-state index in [2.05, 4.69) is 30.3 Å². The van der Waals surface area contributed by atoms with E-state index in [0.29, 0.717) is 29.6 Å². The van der Waals surface area contributed by atoms with E-state index in [0.717, 1.165) is 5.69 Å². The van der Waals surface area contributed by atoms with Gasteiger partial charge in [0.05, 0.1) is 17.9 Å². The number of rotatable bonds is 6. The summed E-state index contributed by atoms with van der Waals surface area (Å²) < 4.78 is 41.3. The van der Waals surface area contributed by atoms with Crippen molar-refractivity contribution < 1.29 is 17.9 Å². The smallest absolute Gasteiger partial charge is 0.406 e. The number of benzene rings is 1. The Morgan fingerprint density at radius 2 is 1.89 bits per heavy atom. The number of aromatic nitrogens is 3. The highest BCUT2D eigenvalue weighted by Crippen LogP contribution is 2.28. The molecule has 0 aliphatic carbocycles. The van der Waals surface area contributed by atoms with Crippen LogP contribution in [0.3, 0.4) is 0 Å². The molecule has 9 heteroatoms. The SMILES string of the molecule is CNc1nc(NCc2ccccn2)cc(-c2cccc(OC(F)(F)F)c2)n1. The van der Waals surface area contributed by atoms with E-state index in [-0.39, 0.29) is 5.75 Å². The summed E-state index contributed by atoms with van der Waals surface area (Å²) in [6.07, 6.45) is -3.07. The molecule has 0 amide bonds. The fraction of sp³-hybridized carbons (Fsp3) is 0.167. The molecular formula is C18H16F3N5O. The van der Waals surface area contributed by atoms with Gasteiger partial charge in [-0.1, -0.05) is 18.2 Å². The van der Waals surface area contributed by atoms with Crippen LogP contribution in [0, 0.1) is 0 Å². The molecule has 0 saturated carbocycles. The number of pyridine rings is 1. The topological polar surface area (TPSA) is 72.0 Å². The van der Waals surface area contributed by atoms with E-state index < -0.39 is 6.36 Å². The molecule has 2 aromatic heterocycles. The number of nitrogens with one attached hydrogen (secondary N) is 2. The van der Waals surface area contributed by atoms with Gasteiger partial charge in [-0.2, -0.15) is 4.98 Å². The van der Waals surface area contributed by atoms with Crippen LogP contribution in [0.4, 0.5) is 24.9 Å². The fourth-order valence-corrected chi connectivity index (χ4v) is 2.33. The Hall–Kier alpha value is -3.36. The Morgan fingerprint density at radius 1 is 1.04 bits per heavy atom. The summed E-state index contributed by atoms with van der Waals surface area (Å²) in [4.78, 5) is 12.8. The zero-order chi connectivity index (χ0) is 19.3. The summed E-state index contributed by atoms with van der Waals surface area (Å²) in [5.41, 5.74) is 1.74. The number of anilines is 2. The van der Waals surface area contributed by atoms with Crippen molar-refractivity contribution in [1.29, 1.82) is 0 Å². The largest absolute Gasteiger partial charge is 0.573 e. The zero-order valence-corrected chi connectivity index (χ0v) is 14.3. The average Bonchev–Trinajstić information content (AvgIpc) is 2.66. The van der Waals surface area contributed by atoms with E-state index in [1.807, 2.05) is 18.2 Å². The Balaban J connectivity index is 1.86.